The molecular formula is C13H19ClO4. The van der Waals surface area contributed by atoms with Crippen LogP contribution in [0, 0.1) is 17.3 Å². The Labute approximate surface area is 112 Å². The van der Waals surface area contributed by atoms with Crippen LogP contribution in [0.1, 0.15) is 34.1 Å². The van der Waals surface area contributed by atoms with Crippen LogP contribution in [-0.2, 0) is 14.3 Å². The van der Waals surface area contributed by atoms with Gasteiger partial charge in [0.2, 0.25) is 0 Å². The maximum atomic E-state index is 11.6. The van der Waals surface area contributed by atoms with E-state index in [0.29, 0.717) is 6.42 Å². The van der Waals surface area contributed by atoms with Crippen molar-refractivity contribution < 1.29 is 19.4 Å². The van der Waals surface area contributed by atoms with E-state index in [1.54, 1.807) is 6.92 Å². The molecule has 3 unspecified atom stereocenters. The molecule has 1 N–H and O–H groups in total. The van der Waals surface area contributed by atoms with Crippen LogP contribution >= 0.6 is 11.6 Å². The highest BCUT2D eigenvalue weighted by atomic mass is 35.5. The third-order valence-electron chi connectivity index (χ3n) is 3.58. The molecule has 0 radical (unpaired) electrons. The van der Waals surface area contributed by atoms with Crippen molar-refractivity contribution in [2.24, 2.45) is 17.3 Å². The quantitative estimate of drug-likeness (QED) is 0.618. The molecule has 1 aliphatic carbocycles. The number of aliphatic carboxylic acids is 1. The molecule has 0 aromatic heterocycles. The second-order valence-electron chi connectivity index (χ2n) is 5.30. The molecule has 0 bridgehead atoms. The SMILES string of the molecule is CCC(C)OC(=O)C(Cl)=CC1C(C(=O)O)C1(C)C. The number of carboxylic acid groups (broad SMARTS) is 1. The van der Waals surface area contributed by atoms with E-state index in [2.05, 4.69) is 0 Å². The average molecular weight is 275 g/mol. The molecule has 5 heteroatoms. The number of allylic oxidation sites excluding steroid dienone is 1. The van der Waals surface area contributed by atoms with Crippen LogP contribution in [0.4, 0.5) is 0 Å². The second kappa shape index (κ2) is 5.31. The molecule has 102 valence electrons. The number of carboxylic acids is 1. The second-order valence-corrected chi connectivity index (χ2v) is 5.71. The highest BCUT2D eigenvalue weighted by Gasteiger charge is 2.61. The summed E-state index contributed by atoms with van der Waals surface area (Å²) in [4.78, 5) is 22.6. The summed E-state index contributed by atoms with van der Waals surface area (Å²) in [6.45, 7) is 7.37. The van der Waals surface area contributed by atoms with Crippen LogP contribution in [0.5, 0.6) is 0 Å². The third-order valence-corrected chi connectivity index (χ3v) is 3.86. The van der Waals surface area contributed by atoms with Crippen molar-refractivity contribution in [3.63, 3.8) is 0 Å². The van der Waals surface area contributed by atoms with E-state index in [9.17, 15) is 9.59 Å². The topological polar surface area (TPSA) is 63.6 Å². The predicted molar refractivity (Wildman–Crippen MR) is 68.2 cm³/mol. The maximum absolute atomic E-state index is 11.6. The van der Waals surface area contributed by atoms with E-state index in [1.165, 1.54) is 6.08 Å². The maximum Gasteiger partial charge on any atom is 0.349 e. The molecule has 1 saturated carbocycles. The molecule has 0 amide bonds. The van der Waals surface area contributed by atoms with Gasteiger partial charge in [0.25, 0.3) is 0 Å². The van der Waals surface area contributed by atoms with E-state index in [0.717, 1.165) is 0 Å². The van der Waals surface area contributed by atoms with Gasteiger partial charge in [0.1, 0.15) is 5.03 Å². The first-order chi connectivity index (χ1) is 8.21. The molecule has 0 saturated heterocycles. The Morgan fingerprint density at radius 1 is 1.50 bits per heavy atom. The van der Waals surface area contributed by atoms with Crippen molar-refractivity contribution in [1.29, 1.82) is 0 Å². The molecule has 0 aromatic rings. The summed E-state index contributed by atoms with van der Waals surface area (Å²) in [5.41, 5.74) is -0.359. The predicted octanol–water partition coefficient (Wildman–Crippen LogP) is 2.81. The summed E-state index contributed by atoms with van der Waals surface area (Å²) >= 11 is 5.86. The third kappa shape index (κ3) is 3.05. The van der Waals surface area contributed by atoms with E-state index < -0.39 is 17.9 Å². The average Bonchev–Trinajstić information content (AvgIpc) is 2.80. The number of hydrogen-bond donors (Lipinski definition) is 1. The number of rotatable bonds is 5. The lowest BCUT2D eigenvalue weighted by molar-refractivity contribution is -0.143. The van der Waals surface area contributed by atoms with Crippen molar-refractivity contribution in [3.05, 3.63) is 11.1 Å². The van der Waals surface area contributed by atoms with Gasteiger partial charge in [-0.15, -0.1) is 0 Å². The van der Waals surface area contributed by atoms with Gasteiger partial charge in [-0.2, -0.15) is 0 Å². The van der Waals surface area contributed by atoms with Gasteiger partial charge in [-0.25, -0.2) is 4.79 Å². The first-order valence-electron chi connectivity index (χ1n) is 6.02. The van der Waals surface area contributed by atoms with Gasteiger partial charge in [0.05, 0.1) is 12.0 Å². The van der Waals surface area contributed by atoms with Crippen LogP contribution < -0.4 is 0 Å². The summed E-state index contributed by atoms with van der Waals surface area (Å²) < 4.78 is 5.07. The lowest BCUT2D eigenvalue weighted by atomic mass is 10.1. The standard InChI is InChI=1S/C13H19ClO4/c1-5-7(2)18-12(17)9(14)6-8-10(11(15)16)13(8,3)4/h6-8,10H,5H2,1-4H3,(H,15,16). The van der Waals surface area contributed by atoms with Crippen LogP contribution in [0.25, 0.3) is 0 Å². The minimum absolute atomic E-state index is 0.0304. The number of hydrogen-bond acceptors (Lipinski definition) is 3. The van der Waals surface area contributed by atoms with E-state index in [1.807, 2.05) is 20.8 Å². The van der Waals surface area contributed by atoms with Crippen LogP contribution in [-0.4, -0.2) is 23.1 Å². The lowest BCUT2D eigenvalue weighted by Crippen LogP contribution is -2.14. The molecule has 1 fully saturated rings. The number of esters is 1. The Kier molecular flexibility index (Phi) is 4.43. The molecule has 4 nitrogen and oxygen atoms in total. The first-order valence-corrected chi connectivity index (χ1v) is 6.40. The fourth-order valence-corrected chi connectivity index (χ4v) is 2.19. The Morgan fingerprint density at radius 2 is 2.06 bits per heavy atom. The fourth-order valence-electron chi connectivity index (χ4n) is 2.01. The summed E-state index contributed by atoms with van der Waals surface area (Å²) in [5.74, 6) is -2.14. The van der Waals surface area contributed by atoms with Crippen molar-refractivity contribution in [1.82, 2.24) is 0 Å². The molecule has 0 aromatic carbocycles. The lowest BCUT2D eigenvalue weighted by Gasteiger charge is -2.09. The number of halogens is 1. The normalized spacial score (nSPS) is 27.5. The van der Waals surface area contributed by atoms with Crippen LogP contribution in [0.2, 0.25) is 0 Å². The van der Waals surface area contributed by atoms with Crippen LogP contribution in [0.3, 0.4) is 0 Å². The number of carbonyl (C=O) groups is 2. The Morgan fingerprint density at radius 3 is 2.44 bits per heavy atom. The van der Waals surface area contributed by atoms with Crippen molar-refractivity contribution in [3.8, 4) is 0 Å². The zero-order valence-corrected chi connectivity index (χ0v) is 11.8. The van der Waals surface area contributed by atoms with Gasteiger partial charge in [-0.05, 0) is 24.7 Å². The highest BCUT2D eigenvalue weighted by molar-refractivity contribution is 6.41. The Hall–Kier alpha value is -1.03. The molecule has 18 heavy (non-hydrogen) atoms. The van der Waals surface area contributed by atoms with E-state index in [-0.39, 0.29) is 22.5 Å². The monoisotopic (exact) mass is 274 g/mol. The fraction of sp³-hybridized carbons (Fsp3) is 0.692. The summed E-state index contributed by atoms with van der Waals surface area (Å²) in [7, 11) is 0. The van der Waals surface area contributed by atoms with Crippen molar-refractivity contribution in [2.45, 2.75) is 40.2 Å². The summed E-state index contributed by atoms with van der Waals surface area (Å²) in [5, 5.41) is 8.98. The van der Waals surface area contributed by atoms with Gasteiger partial charge in [0.15, 0.2) is 0 Å². The molecule has 0 aliphatic heterocycles. The molecule has 1 aliphatic rings. The minimum Gasteiger partial charge on any atom is -0.481 e. The molecule has 0 heterocycles. The summed E-state index contributed by atoms with van der Waals surface area (Å²) in [6, 6.07) is 0. The smallest absolute Gasteiger partial charge is 0.349 e. The van der Waals surface area contributed by atoms with Crippen LogP contribution in [0.15, 0.2) is 11.1 Å². The zero-order valence-electron chi connectivity index (χ0n) is 11.1. The Bertz CT molecular complexity index is 386. The number of ether oxygens (including phenoxy) is 1. The van der Waals surface area contributed by atoms with Crippen molar-refractivity contribution in [2.75, 3.05) is 0 Å². The largest absolute Gasteiger partial charge is 0.481 e. The van der Waals surface area contributed by atoms with Gasteiger partial charge >= 0.3 is 11.9 Å². The van der Waals surface area contributed by atoms with Gasteiger partial charge < -0.3 is 9.84 Å². The molecule has 0 spiro atoms. The number of carbonyl (C=O) groups excluding carboxylic acids is 1. The van der Waals surface area contributed by atoms with E-state index in [4.69, 9.17) is 21.4 Å². The van der Waals surface area contributed by atoms with Gasteiger partial charge in [-0.1, -0.05) is 38.4 Å². The van der Waals surface area contributed by atoms with E-state index >= 15 is 0 Å². The molecular weight excluding hydrogens is 256 g/mol. The Balaban J connectivity index is 2.68. The first kappa shape index (κ1) is 15.0. The molecule has 3 atom stereocenters. The highest BCUT2D eigenvalue weighted by Crippen LogP contribution is 2.59. The van der Waals surface area contributed by atoms with Gasteiger partial charge in [-0.3, -0.25) is 4.79 Å². The minimum atomic E-state index is -0.860. The zero-order chi connectivity index (χ0) is 14.1. The summed E-state index contributed by atoms with van der Waals surface area (Å²) in [6.07, 6.45) is 2.02. The molecule has 1 rings (SSSR count). The van der Waals surface area contributed by atoms with Gasteiger partial charge in [0, 0.05) is 0 Å². The van der Waals surface area contributed by atoms with Crippen molar-refractivity contribution >= 4 is 23.5 Å².